The number of benzene rings is 1. The zero-order valence-electron chi connectivity index (χ0n) is 8.66. The molecule has 0 fully saturated rings. The van der Waals surface area contributed by atoms with Crippen molar-refractivity contribution >= 4 is 17.5 Å². The molecule has 1 aromatic rings. The molecule has 1 aliphatic heterocycles. The molecule has 2 rings (SSSR count). The standard InChI is InChI=1S/C11H12N2O3/c12-10(14)11(15)13-8-3-4-9-7(6-8)2-1-5-16-9/h3-4,6H,1-2,5H2,(H2,12,14)(H,13,15). The summed E-state index contributed by atoms with van der Waals surface area (Å²) in [5, 5.41) is 2.42. The first-order valence-corrected chi connectivity index (χ1v) is 5.03. The van der Waals surface area contributed by atoms with Crippen molar-refractivity contribution in [3.63, 3.8) is 0 Å². The summed E-state index contributed by atoms with van der Waals surface area (Å²) < 4.78 is 5.43. The third-order valence-corrected chi connectivity index (χ3v) is 2.39. The van der Waals surface area contributed by atoms with Crippen LogP contribution in [-0.4, -0.2) is 18.4 Å². The predicted octanol–water partition coefficient (Wildman–Crippen LogP) is 0.435. The highest BCUT2D eigenvalue weighted by Crippen LogP contribution is 2.27. The molecule has 1 aromatic carbocycles. The number of ether oxygens (including phenoxy) is 1. The molecular formula is C11H12N2O3. The third-order valence-electron chi connectivity index (χ3n) is 2.39. The minimum atomic E-state index is -0.992. The summed E-state index contributed by atoms with van der Waals surface area (Å²) in [6.07, 6.45) is 1.87. The summed E-state index contributed by atoms with van der Waals surface area (Å²) in [4.78, 5) is 21.6. The highest BCUT2D eigenvalue weighted by Gasteiger charge is 2.13. The van der Waals surface area contributed by atoms with E-state index in [9.17, 15) is 9.59 Å². The van der Waals surface area contributed by atoms with E-state index < -0.39 is 11.8 Å². The van der Waals surface area contributed by atoms with Gasteiger partial charge in [-0.3, -0.25) is 9.59 Å². The van der Waals surface area contributed by atoms with Gasteiger partial charge in [0.15, 0.2) is 0 Å². The van der Waals surface area contributed by atoms with Gasteiger partial charge >= 0.3 is 11.8 Å². The van der Waals surface area contributed by atoms with Crippen LogP contribution in [0.1, 0.15) is 12.0 Å². The van der Waals surface area contributed by atoms with E-state index in [0.29, 0.717) is 5.69 Å². The van der Waals surface area contributed by atoms with Crippen LogP contribution in [0.3, 0.4) is 0 Å². The van der Waals surface area contributed by atoms with Crippen molar-refractivity contribution in [3.8, 4) is 5.75 Å². The van der Waals surface area contributed by atoms with Crippen LogP contribution in [0.5, 0.6) is 5.75 Å². The van der Waals surface area contributed by atoms with Gasteiger partial charge in [0.2, 0.25) is 0 Å². The van der Waals surface area contributed by atoms with Crippen molar-refractivity contribution < 1.29 is 14.3 Å². The molecule has 0 bridgehead atoms. The Morgan fingerprint density at radius 1 is 1.38 bits per heavy atom. The molecule has 3 N–H and O–H groups in total. The number of carbonyl (C=O) groups excluding carboxylic acids is 2. The molecule has 5 nitrogen and oxygen atoms in total. The monoisotopic (exact) mass is 220 g/mol. The lowest BCUT2D eigenvalue weighted by atomic mass is 10.1. The fourth-order valence-electron chi connectivity index (χ4n) is 1.63. The Bertz CT molecular complexity index is 443. The zero-order chi connectivity index (χ0) is 11.5. The fraction of sp³-hybridized carbons (Fsp3) is 0.273. The normalized spacial score (nSPS) is 13.5. The van der Waals surface area contributed by atoms with E-state index in [1.165, 1.54) is 0 Å². The van der Waals surface area contributed by atoms with Gasteiger partial charge in [0.05, 0.1) is 6.61 Å². The maximum atomic E-state index is 11.1. The molecule has 5 heteroatoms. The Morgan fingerprint density at radius 3 is 2.94 bits per heavy atom. The number of primary amides is 1. The van der Waals surface area contributed by atoms with Crippen LogP contribution >= 0.6 is 0 Å². The number of hydrogen-bond acceptors (Lipinski definition) is 3. The number of amides is 2. The molecule has 0 atom stereocenters. The molecule has 0 saturated heterocycles. The number of carbonyl (C=O) groups is 2. The first-order chi connectivity index (χ1) is 7.66. The molecule has 0 spiro atoms. The van der Waals surface area contributed by atoms with Crippen molar-refractivity contribution in [3.05, 3.63) is 23.8 Å². The molecule has 0 unspecified atom stereocenters. The smallest absolute Gasteiger partial charge is 0.313 e. The fourth-order valence-corrected chi connectivity index (χ4v) is 1.63. The molecule has 2 amide bonds. The van der Waals surface area contributed by atoms with Crippen LogP contribution in [-0.2, 0) is 16.0 Å². The predicted molar refractivity (Wildman–Crippen MR) is 58.1 cm³/mol. The van der Waals surface area contributed by atoms with Gasteiger partial charge in [-0.2, -0.15) is 0 Å². The minimum absolute atomic E-state index is 0.563. The first-order valence-electron chi connectivity index (χ1n) is 5.03. The van der Waals surface area contributed by atoms with Gasteiger partial charge in [0.1, 0.15) is 5.75 Å². The zero-order valence-corrected chi connectivity index (χ0v) is 8.66. The van der Waals surface area contributed by atoms with Crippen molar-refractivity contribution in [1.29, 1.82) is 0 Å². The van der Waals surface area contributed by atoms with Crippen molar-refractivity contribution in [2.24, 2.45) is 5.73 Å². The van der Waals surface area contributed by atoms with E-state index >= 15 is 0 Å². The van der Waals surface area contributed by atoms with Crippen LogP contribution in [0.4, 0.5) is 5.69 Å². The lowest BCUT2D eigenvalue weighted by molar-refractivity contribution is -0.134. The maximum absolute atomic E-state index is 11.1. The number of anilines is 1. The molecular weight excluding hydrogens is 208 g/mol. The van der Waals surface area contributed by atoms with Crippen LogP contribution in [0.2, 0.25) is 0 Å². The number of aryl methyl sites for hydroxylation is 1. The number of nitrogens with two attached hydrogens (primary N) is 1. The van der Waals surface area contributed by atoms with Gasteiger partial charge in [-0.1, -0.05) is 0 Å². The van der Waals surface area contributed by atoms with Gasteiger partial charge in [-0.25, -0.2) is 0 Å². The Balaban J connectivity index is 2.17. The second kappa shape index (κ2) is 4.22. The Kier molecular flexibility index (Phi) is 2.76. The van der Waals surface area contributed by atoms with E-state index in [1.54, 1.807) is 18.2 Å². The quantitative estimate of drug-likeness (QED) is 0.673. The van der Waals surface area contributed by atoms with E-state index in [-0.39, 0.29) is 0 Å². The molecule has 1 aliphatic rings. The van der Waals surface area contributed by atoms with Crippen molar-refractivity contribution in [2.75, 3.05) is 11.9 Å². The Labute approximate surface area is 92.6 Å². The molecule has 1 heterocycles. The Morgan fingerprint density at radius 2 is 2.19 bits per heavy atom. The van der Waals surface area contributed by atoms with Crippen LogP contribution in [0.25, 0.3) is 0 Å². The summed E-state index contributed by atoms with van der Waals surface area (Å²) in [6.45, 7) is 0.722. The van der Waals surface area contributed by atoms with Gasteiger partial charge in [0.25, 0.3) is 0 Å². The second-order valence-corrected chi connectivity index (χ2v) is 3.59. The van der Waals surface area contributed by atoms with Crippen LogP contribution < -0.4 is 15.8 Å². The van der Waals surface area contributed by atoms with Gasteiger partial charge in [-0.05, 0) is 36.6 Å². The van der Waals surface area contributed by atoms with Crippen molar-refractivity contribution in [2.45, 2.75) is 12.8 Å². The average molecular weight is 220 g/mol. The average Bonchev–Trinajstić information content (AvgIpc) is 2.28. The van der Waals surface area contributed by atoms with E-state index in [0.717, 1.165) is 30.8 Å². The van der Waals surface area contributed by atoms with Crippen LogP contribution in [0, 0.1) is 0 Å². The Hall–Kier alpha value is -2.04. The largest absolute Gasteiger partial charge is 0.493 e. The van der Waals surface area contributed by atoms with Gasteiger partial charge in [0, 0.05) is 5.69 Å². The topological polar surface area (TPSA) is 81.4 Å². The summed E-state index contributed by atoms with van der Waals surface area (Å²) in [5.74, 6) is -0.964. The molecule has 0 saturated carbocycles. The summed E-state index contributed by atoms with van der Waals surface area (Å²) in [6, 6.07) is 5.27. The first kappa shape index (κ1) is 10.5. The van der Waals surface area contributed by atoms with Gasteiger partial charge < -0.3 is 15.8 Å². The number of nitrogens with one attached hydrogen (secondary N) is 1. The molecule has 0 aromatic heterocycles. The van der Waals surface area contributed by atoms with E-state index in [2.05, 4.69) is 5.32 Å². The highest BCUT2D eigenvalue weighted by molar-refractivity contribution is 6.39. The summed E-state index contributed by atoms with van der Waals surface area (Å²) in [5.41, 5.74) is 6.44. The minimum Gasteiger partial charge on any atom is -0.493 e. The van der Waals surface area contributed by atoms with Gasteiger partial charge in [-0.15, -0.1) is 0 Å². The molecule has 0 aliphatic carbocycles. The van der Waals surface area contributed by atoms with Crippen LogP contribution in [0.15, 0.2) is 18.2 Å². The number of fused-ring (bicyclic) bond motifs is 1. The maximum Gasteiger partial charge on any atom is 0.313 e. The number of rotatable bonds is 1. The summed E-state index contributed by atoms with van der Waals surface area (Å²) in [7, 11) is 0. The molecule has 0 radical (unpaired) electrons. The van der Waals surface area contributed by atoms with Crippen molar-refractivity contribution in [1.82, 2.24) is 0 Å². The summed E-state index contributed by atoms with van der Waals surface area (Å²) >= 11 is 0. The second-order valence-electron chi connectivity index (χ2n) is 3.59. The van der Waals surface area contributed by atoms with E-state index in [4.69, 9.17) is 10.5 Å². The lowest BCUT2D eigenvalue weighted by Gasteiger charge is -2.17. The lowest BCUT2D eigenvalue weighted by Crippen LogP contribution is -2.29. The number of hydrogen-bond donors (Lipinski definition) is 2. The van der Waals surface area contributed by atoms with E-state index in [1.807, 2.05) is 0 Å². The molecule has 84 valence electrons. The molecule has 16 heavy (non-hydrogen) atoms. The SMILES string of the molecule is NC(=O)C(=O)Nc1ccc2c(c1)CCCO2. The highest BCUT2D eigenvalue weighted by atomic mass is 16.5. The third kappa shape index (κ3) is 2.13.